The summed E-state index contributed by atoms with van der Waals surface area (Å²) in [5.74, 6) is 0.628. The standard InChI is InChI=1S/C37H47ClN2O6S/c1-24-6-3-9-33(44-2)30-13-10-27(30)21-40-22-37(16-4-7-25-18-28(38)12-14-31(25)37)23-46-34-15-11-26(19-32(34)40)36(41)39-47(42,43)35(24)20-29-8-5-17-45-29/h3,9,11-12,14-15,18-19,24,27,29-30,33,35H,4-8,10,13,16-17,20-23H2,1-2H3,(H,39,41)/b9-3+/t24-,27-,29+,30+,33-,35-,37-/m0/s1. The second kappa shape index (κ2) is 13.4. The van der Waals surface area contributed by atoms with Gasteiger partial charge in [-0.3, -0.25) is 4.79 Å². The Bertz CT molecular complexity index is 1620. The number of allylic oxidation sites excluding steroid dienone is 1. The van der Waals surface area contributed by atoms with Gasteiger partial charge in [0.25, 0.3) is 5.91 Å². The molecule has 0 radical (unpaired) electrons. The van der Waals surface area contributed by atoms with Crippen molar-refractivity contribution < 1.29 is 27.4 Å². The molecule has 2 fully saturated rings. The number of carbonyl (C=O) groups excluding carboxylic acids is 1. The molecule has 7 rings (SSSR count). The van der Waals surface area contributed by atoms with Crippen molar-refractivity contribution in [2.75, 3.05) is 38.3 Å². The lowest BCUT2D eigenvalue weighted by Crippen LogP contribution is -2.49. The monoisotopic (exact) mass is 682 g/mol. The highest BCUT2D eigenvalue weighted by Gasteiger charge is 2.45. The molecule has 7 atom stereocenters. The van der Waals surface area contributed by atoms with Crippen molar-refractivity contribution in [3.8, 4) is 5.75 Å². The van der Waals surface area contributed by atoms with Gasteiger partial charge in [-0.25, -0.2) is 13.1 Å². The number of benzene rings is 2. The molecule has 5 aliphatic rings. The van der Waals surface area contributed by atoms with E-state index in [1.807, 2.05) is 25.1 Å². The predicted octanol–water partition coefficient (Wildman–Crippen LogP) is 6.45. The number of fused-ring (bicyclic) bond motifs is 4. The normalized spacial score (nSPS) is 34.3. The van der Waals surface area contributed by atoms with E-state index in [0.29, 0.717) is 49.2 Å². The Morgan fingerprint density at radius 3 is 2.77 bits per heavy atom. The van der Waals surface area contributed by atoms with Crippen molar-refractivity contribution in [1.29, 1.82) is 0 Å². The summed E-state index contributed by atoms with van der Waals surface area (Å²) < 4.78 is 48.9. The van der Waals surface area contributed by atoms with Crippen LogP contribution in [0.4, 0.5) is 5.69 Å². The predicted molar refractivity (Wildman–Crippen MR) is 184 cm³/mol. The lowest BCUT2D eigenvalue weighted by atomic mass is 9.68. The average molecular weight is 683 g/mol. The van der Waals surface area contributed by atoms with Gasteiger partial charge in [0.15, 0.2) is 0 Å². The highest BCUT2D eigenvalue weighted by atomic mass is 35.5. The Balaban J connectivity index is 1.28. The number of halogens is 1. The Hall–Kier alpha value is -2.59. The number of hydrogen-bond acceptors (Lipinski definition) is 7. The lowest BCUT2D eigenvalue weighted by Gasteiger charge is -2.46. The summed E-state index contributed by atoms with van der Waals surface area (Å²) in [5.41, 5.74) is 3.46. The Morgan fingerprint density at radius 1 is 1.13 bits per heavy atom. The number of sulfonamides is 1. The number of aryl methyl sites for hydroxylation is 1. The van der Waals surface area contributed by atoms with Crippen LogP contribution in [-0.4, -0.2) is 65.2 Å². The fourth-order valence-corrected chi connectivity index (χ4v) is 10.7. The summed E-state index contributed by atoms with van der Waals surface area (Å²) in [6, 6.07) is 11.6. The summed E-state index contributed by atoms with van der Waals surface area (Å²) in [6.45, 7) is 4.64. The molecule has 254 valence electrons. The minimum Gasteiger partial charge on any atom is -0.490 e. The number of methoxy groups -OCH3 is 1. The van der Waals surface area contributed by atoms with Crippen LogP contribution in [0.1, 0.15) is 79.8 Å². The van der Waals surface area contributed by atoms with Crippen LogP contribution in [0, 0.1) is 17.8 Å². The van der Waals surface area contributed by atoms with Gasteiger partial charge < -0.3 is 19.1 Å². The zero-order valence-electron chi connectivity index (χ0n) is 27.5. The minimum absolute atomic E-state index is 0.0534. The van der Waals surface area contributed by atoms with Crippen molar-refractivity contribution in [2.24, 2.45) is 17.8 Å². The maximum atomic E-state index is 13.9. The quantitative estimate of drug-likeness (QED) is 0.372. The summed E-state index contributed by atoms with van der Waals surface area (Å²) in [4.78, 5) is 16.2. The van der Waals surface area contributed by atoms with Crippen molar-refractivity contribution in [3.05, 3.63) is 70.3 Å². The zero-order valence-corrected chi connectivity index (χ0v) is 29.0. The zero-order chi connectivity index (χ0) is 32.8. The van der Waals surface area contributed by atoms with Crippen molar-refractivity contribution in [3.63, 3.8) is 0 Å². The topological polar surface area (TPSA) is 94.2 Å². The molecule has 3 heterocycles. The van der Waals surface area contributed by atoms with Crippen LogP contribution in [0.3, 0.4) is 0 Å². The molecule has 2 aromatic carbocycles. The SMILES string of the molecule is CO[C@H]1/C=C/C[C@H](C)[C@H](C[C@H]2CCCO2)S(=O)(=O)NC(=O)c2ccc3c(c2)N(C[C@@H]2CC[C@H]21)C[C@@]1(CCCc2cc(Cl)ccc21)CO3. The van der Waals surface area contributed by atoms with E-state index in [1.165, 1.54) is 11.1 Å². The third-order valence-electron chi connectivity index (χ3n) is 11.5. The van der Waals surface area contributed by atoms with Gasteiger partial charge in [0, 0.05) is 42.8 Å². The molecule has 1 N–H and O–H groups in total. The average Bonchev–Trinajstić information content (AvgIpc) is 3.51. The van der Waals surface area contributed by atoms with Crippen LogP contribution in [0.5, 0.6) is 5.75 Å². The molecule has 1 saturated carbocycles. The molecule has 2 aromatic rings. The van der Waals surface area contributed by atoms with Gasteiger partial charge in [-0.2, -0.15) is 0 Å². The van der Waals surface area contributed by atoms with Crippen LogP contribution in [0.2, 0.25) is 5.02 Å². The van der Waals surface area contributed by atoms with E-state index < -0.39 is 21.2 Å². The fourth-order valence-electron chi connectivity index (χ4n) is 8.79. The Kier molecular flexibility index (Phi) is 9.37. The molecule has 3 aliphatic heterocycles. The van der Waals surface area contributed by atoms with Crippen LogP contribution >= 0.6 is 11.6 Å². The molecule has 1 saturated heterocycles. The number of nitrogens with zero attached hydrogens (tertiary/aromatic N) is 1. The van der Waals surface area contributed by atoms with E-state index >= 15 is 0 Å². The van der Waals surface area contributed by atoms with Crippen molar-refractivity contribution in [2.45, 2.75) is 87.6 Å². The third-order valence-corrected chi connectivity index (χ3v) is 13.7. The van der Waals surface area contributed by atoms with Crippen LogP contribution in [0.15, 0.2) is 48.6 Å². The van der Waals surface area contributed by atoms with Crippen molar-refractivity contribution in [1.82, 2.24) is 4.72 Å². The number of ether oxygens (including phenoxy) is 3. The second-order valence-electron chi connectivity index (χ2n) is 14.5. The molecule has 1 amide bonds. The first kappa shape index (κ1) is 32.9. The number of hydrogen-bond donors (Lipinski definition) is 1. The lowest BCUT2D eigenvalue weighted by molar-refractivity contribution is 0.0131. The summed E-state index contributed by atoms with van der Waals surface area (Å²) in [6.07, 6.45) is 11.9. The van der Waals surface area contributed by atoms with Gasteiger partial charge in [0.05, 0.1) is 29.8 Å². The van der Waals surface area contributed by atoms with Gasteiger partial charge in [-0.1, -0.05) is 36.7 Å². The number of anilines is 1. The highest BCUT2D eigenvalue weighted by molar-refractivity contribution is 7.90. The number of nitrogens with one attached hydrogen (secondary N) is 1. The molecular weight excluding hydrogens is 636 g/mol. The molecular formula is C37H47ClN2O6S. The third kappa shape index (κ3) is 6.57. The largest absolute Gasteiger partial charge is 0.490 e. The van der Waals surface area contributed by atoms with E-state index in [9.17, 15) is 13.2 Å². The van der Waals surface area contributed by atoms with Gasteiger partial charge in [0.2, 0.25) is 10.0 Å². The first-order valence-corrected chi connectivity index (χ1v) is 19.3. The van der Waals surface area contributed by atoms with E-state index in [0.717, 1.165) is 68.7 Å². The van der Waals surface area contributed by atoms with Crippen molar-refractivity contribution >= 4 is 33.2 Å². The van der Waals surface area contributed by atoms with E-state index in [1.54, 1.807) is 13.2 Å². The molecule has 2 aliphatic carbocycles. The Morgan fingerprint density at radius 2 is 2.00 bits per heavy atom. The van der Waals surface area contributed by atoms with E-state index in [4.69, 9.17) is 25.8 Å². The van der Waals surface area contributed by atoms with Crippen LogP contribution in [0.25, 0.3) is 0 Å². The molecule has 10 heteroatoms. The Labute approximate surface area is 284 Å². The number of rotatable bonds is 3. The van der Waals surface area contributed by atoms with E-state index in [2.05, 4.69) is 33.9 Å². The number of carbonyl (C=O) groups is 1. The maximum Gasteiger partial charge on any atom is 0.264 e. The first-order chi connectivity index (χ1) is 22.7. The molecule has 0 aromatic heterocycles. The molecule has 47 heavy (non-hydrogen) atoms. The van der Waals surface area contributed by atoms with Crippen LogP contribution in [-0.2, 0) is 31.3 Å². The molecule has 0 unspecified atom stereocenters. The molecule has 8 nitrogen and oxygen atoms in total. The number of amides is 1. The second-order valence-corrected chi connectivity index (χ2v) is 16.9. The highest BCUT2D eigenvalue weighted by Crippen LogP contribution is 2.47. The fraction of sp³-hybridized carbons (Fsp3) is 0.595. The summed E-state index contributed by atoms with van der Waals surface area (Å²) >= 11 is 6.44. The smallest absolute Gasteiger partial charge is 0.264 e. The summed E-state index contributed by atoms with van der Waals surface area (Å²) in [5, 5.41) is -0.0254. The maximum absolute atomic E-state index is 13.9. The van der Waals surface area contributed by atoms with E-state index in [-0.39, 0.29) is 23.5 Å². The summed E-state index contributed by atoms with van der Waals surface area (Å²) in [7, 11) is -2.24. The molecule has 2 bridgehead atoms. The van der Waals surface area contributed by atoms with Gasteiger partial charge in [-0.15, -0.1) is 0 Å². The van der Waals surface area contributed by atoms with Gasteiger partial charge in [0.1, 0.15) is 5.75 Å². The van der Waals surface area contributed by atoms with Crippen LogP contribution < -0.4 is 14.4 Å². The molecule has 1 spiro atoms. The first-order valence-electron chi connectivity index (χ1n) is 17.3. The van der Waals surface area contributed by atoms with Gasteiger partial charge >= 0.3 is 0 Å². The minimum atomic E-state index is -4.01. The van der Waals surface area contributed by atoms with Gasteiger partial charge in [-0.05, 0) is 117 Å².